The molecule has 0 spiro atoms. The molecule has 0 radical (unpaired) electrons. The van der Waals surface area contributed by atoms with Gasteiger partial charge in [-0.2, -0.15) is 0 Å². The third-order valence-electron chi connectivity index (χ3n) is 3.72. The van der Waals surface area contributed by atoms with Gasteiger partial charge in [0.25, 0.3) is 5.91 Å². The van der Waals surface area contributed by atoms with Gasteiger partial charge in [-0.1, -0.05) is 32.4 Å². The second-order valence-electron chi connectivity index (χ2n) is 7.01. The second-order valence-corrected chi connectivity index (χ2v) is 7.44. The Balaban J connectivity index is 1.84. The Hall–Kier alpha value is -1.75. The van der Waals surface area contributed by atoms with Crippen LogP contribution in [0.5, 0.6) is 0 Å². The van der Waals surface area contributed by atoms with Gasteiger partial charge in [0.1, 0.15) is 0 Å². The minimum Gasteiger partial charge on any atom is -0.337 e. The first kappa shape index (κ1) is 17.6. The van der Waals surface area contributed by atoms with E-state index in [0.29, 0.717) is 43.3 Å². The molecule has 2 rings (SSSR count). The van der Waals surface area contributed by atoms with Crippen LogP contribution in [0.4, 0.5) is 4.79 Å². The van der Waals surface area contributed by atoms with Gasteiger partial charge >= 0.3 is 6.03 Å². The van der Waals surface area contributed by atoms with Gasteiger partial charge in [-0.25, -0.2) is 4.79 Å². The molecule has 23 heavy (non-hydrogen) atoms. The maximum Gasteiger partial charge on any atom is 0.317 e. The van der Waals surface area contributed by atoms with E-state index in [1.165, 1.54) is 0 Å². The van der Waals surface area contributed by atoms with Crippen molar-refractivity contribution in [2.24, 2.45) is 5.41 Å². The summed E-state index contributed by atoms with van der Waals surface area (Å²) in [4.78, 5) is 28.1. The van der Waals surface area contributed by atoms with Crippen molar-refractivity contribution < 1.29 is 9.59 Å². The highest BCUT2D eigenvalue weighted by Crippen LogP contribution is 2.14. The zero-order chi connectivity index (χ0) is 17.0. The third kappa shape index (κ3) is 5.13. The van der Waals surface area contributed by atoms with Crippen molar-refractivity contribution in [1.82, 2.24) is 15.1 Å². The van der Waals surface area contributed by atoms with Gasteiger partial charge in [0.2, 0.25) is 0 Å². The Kier molecular flexibility index (Phi) is 5.52. The van der Waals surface area contributed by atoms with E-state index in [0.717, 1.165) is 0 Å². The highest BCUT2D eigenvalue weighted by molar-refractivity contribution is 6.30. The minimum absolute atomic E-state index is 0.0172. The Morgan fingerprint density at radius 3 is 2.09 bits per heavy atom. The lowest BCUT2D eigenvalue weighted by Gasteiger charge is -2.35. The molecular formula is C17H24ClN3O2. The van der Waals surface area contributed by atoms with Gasteiger partial charge < -0.3 is 15.1 Å². The Bertz CT molecular complexity index is 558. The summed E-state index contributed by atoms with van der Waals surface area (Å²) < 4.78 is 0. The monoisotopic (exact) mass is 337 g/mol. The third-order valence-corrected chi connectivity index (χ3v) is 3.97. The Morgan fingerprint density at radius 2 is 1.57 bits per heavy atom. The molecule has 0 aliphatic carbocycles. The van der Waals surface area contributed by atoms with Crippen molar-refractivity contribution in [1.29, 1.82) is 0 Å². The topological polar surface area (TPSA) is 52.7 Å². The molecule has 0 aromatic heterocycles. The van der Waals surface area contributed by atoms with E-state index in [1.54, 1.807) is 34.1 Å². The molecular weight excluding hydrogens is 314 g/mol. The van der Waals surface area contributed by atoms with Crippen LogP contribution in [0.3, 0.4) is 0 Å². The predicted molar refractivity (Wildman–Crippen MR) is 91.8 cm³/mol. The molecule has 1 heterocycles. The average Bonchev–Trinajstić information content (AvgIpc) is 2.52. The van der Waals surface area contributed by atoms with Crippen LogP contribution in [0.25, 0.3) is 0 Å². The van der Waals surface area contributed by atoms with Crippen LogP contribution in [0.1, 0.15) is 31.1 Å². The molecule has 0 bridgehead atoms. The largest absolute Gasteiger partial charge is 0.337 e. The lowest BCUT2D eigenvalue weighted by molar-refractivity contribution is 0.0664. The van der Waals surface area contributed by atoms with E-state index in [9.17, 15) is 9.59 Å². The van der Waals surface area contributed by atoms with Gasteiger partial charge in [0.05, 0.1) is 0 Å². The molecule has 3 amide bonds. The smallest absolute Gasteiger partial charge is 0.317 e. The van der Waals surface area contributed by atoms with Gasteiger partial charge in [-0.15, -0.1) is 0 Å². The highest BCUT2D eigenvalue weighted by Gasteiger charge is 2.25. The average molecular weight is 338 g/mol. The minimum atomic E-state index is -0.0569. The molecule has 1 N–H and O–H groups in total. The predicted octanol–water partition coefficient (Wildman–Crippen LogP) is 2.85. The molecule has 1 aliphatic heterocycles. The van der Waals surface area contributed by atoms with E-state index < -0.39 is 0 Å². The van der Waals surface area contributed by atoms with Crippen LogP contribution < -0.4 is 5.32 Å². The van der Waals surface area contributed by atoms with E-state index in [2.05, 4.69) is 26.1 Å². The van der Waals surface area contributed by atoms with E-state index in [4.69, 9.17) is 11.6 Å². The van der Waals surface area contributed by atoms with Crippen molar-refractivity contribution in [3.05, 3.63) is 34.9 Å². The molecule has 1 aromatic carbocycles. The fourth-order valence-corrected chi connectivity index (χ4v) is 2.47. The number of carbonyl (C=O) groups is 2. The Morgan fingerprint density at radius 1 is 1.04 bits per heavy atom. The van der Waals surface area contributed by atoms with Crippen molar-refractivity contribution in [3.63, 3.8) is 0 Å². The number of rotatable bonds is 2. The van der Waals surface area contributed by atoms with Crippen molar-refractivity contribution in [2.75, 3.05) is 32.7 Å². The summed E-state index contributed by atoms with van der Waals surface area (Å²) in [6, 6.07) is 6.83. The molecule has 0 unspecified atom stereocenters. The first-order valence-electron chi connectivity index (χ1n) is 7.84. The number of nitrogens with zero attached hydrogens (tertiary/aromatic N) is 2. The lowest BCUT2D eigenvalue weighted by Crippen LogP contribution is -2.53. The van der Waals surface area contributed by atoms with E-state index in [1.807, 2.05) is 0 Å². The zero-order valence-corrected chi connectivity index (χ0v) is 14.7. The van der Waals surface area contributed by atoms with Crippen molar-refractivity contribution in [2.45, 2.75) is 20.8 Å². The molecule has 0 atom stereocenters. The SMILES string of the molecule is CC(C)(C)CNC(=O)N1CCN(C(=O)c2ccc(Cl)cc2)CC1. The number of carbonyl (C=O) groups excluding carboxylic acids is 2. The molecule has 1 aliphatic rings. The number of piperazine rings is 1. The van der Waals surface area contributed by atoms with Crippen LogP contribution in [0, 0.1) is 5.41 Å². The fraction of sp³-hybridized carbons (Fsp3) is 0.529. The van der Waals surface area contributed by atoms with Crippen molar-refractivity contribution >= 4 is 23.5 Å². The number of nitrogens with one attached hydrogen (secondary N) is 1. The van der Waals surface area contributed by atoms with Crippen LogP contribution in [-0.2, 0) is 0 Å². The van der Waals surface area contributed by atoms with Crippen LogP contribution in [0.2, 0.25) is 5.02 Å². The normalized spacial score (nSPS) is 15.5. The van der Waals surface area contributed by atoms with Crippen molar-refractivity contribution in [3.8, 4) is 0 Å². The molecule has 1 fully saturated rings. The molecule has 6 heteroatoms. The summed E-state index contributed by atoms with van der Waals surface area (Å²) in [5.74, 6) is -0.0172. The second kappa shape index (κ2) is 7.21. The standard InChI is InChI=1S/C17H24ClN3O2/c1-17(2,3)12-19-16(23)21-10-8-20(9-11-21)15(22)13-4-6-14(18)7-5-13/h4-7H,8-12H2,1-3H3,(H,19,23). The highest BCUT2D eigenvalue weighted by atomic mass is 35.5. The molecule has 0 saturated carbocycles. The summed E-state index contributed by atoms with van der Waals surface area (Å²) in [5, 5.41) is 3.56. The fourth-order valence-electron chi connectivity index (χ4n) is 2.34. The number of amides is 3. The van der Waals surface area contributed by atoms with E-state index >= 15 is 0 Å². The van der Waals surface area contributed by atoms with Gasteiger partial charge in [0, 0.05) is 43.3 Å². The van der Waals surface area contributed by atoms with Gasteiger partial charge in [-0.3, -0.25) is 4.79 Å². The summed E-state index contributed by atoms with van der Waals surface area (Å²) in [5.41, 5.74) is 0.683. The van der Waals surface area contributed by atoms with E-state index in [-0.39, 0.29) is 17.4 Å². The summed E-state index contributed by atoms with van der Waals surface area (Å²) in [6.45, 7) is 9.07. The summed E-state index contributed by atoms with van der Waals surface area (Å²) >= 11 is 5.84. The number of benzene rings is 1. The van der Waals surface area contributed by atoms with Crippen LogP contribution in [0.15, 0.2) is 24.3 Å². The van der Waals surface area contributed by atoms with Gasteiger partial charge in [-0.05, 0) is 29.7 Å². The van der Waals surface area contributed by atoms with Gasteiger partial charge in [0.15, 0.2) is 0 Å². The Labute approximate surface area is 142 Å². The quantitative estimate of drug-likeness (QED) is 0.902. The first-order valence-corrected chi connectivity index (χ1v) is 8.22. The summed E-state index contributed by atoms with van der Waals surface area (Å²) in [6.07, 6.45) is 0. The molecule has 1 aromatic rings. The number of halogens is 1. The zero-order valence-electron chi connectivity index (χ0n) is 13.9. The maximum atomic E-state index is 12.4. The number of hydrogen-bond acceptors (Lipinski definition) is 2. The van der Waals surface area contributed by atoms with Crippen LogP contribution >= 0.6 is 11.6 Å². The molecule has 126 valence electrons. The maximum absolute atomic E-state index is 12.4. The van der Waals surface area contributed by atoms with Crippen LogP contribution in [-0.4, -0.2) is 54.5 Å². The number of hydrogen-bond donors (Lipinski definition) is 1. The molecule has 1 saturated heterocycles. The molecule has 5 nitrogen and oxygen atoms in total. The lowest BCUT2D eigenvalue weighted by atomic mass is 9.97. The first-order chi connectivity index (χ1) is 10.8. The summed E-state index contributed by atoms with van der Waals surface area (Å²) in [7, 11) is 0. The number of urea groups is 1.